The molecular weight excluding hydrogens is 298 g/mol. The van der Waals surface area contributed by atoms with Crippen molar-refractivity contribution in [3.05, 3.63) is 48.3 Å². The molecule has 1 heterocycles. The number of aromatic nitrogens is 2. The zero-order valence-corrected chi connectivity index (χ0v) is 15.0. The van der Waals surface area contributed by atoms with Gasteiger partial charge in [-0.2, -0.15) is 5.10 Å². The lowest BCUT2D eigenvalue weighted by atomic mass is 10.1. The molecule has 0 bridgehead atoms. The average Bonchev–Trinajstić information content (AvgIpc) is 3.09. The molecule has 0 radical (unpaired) electrons. The number of benzene rings is 1. The van der Waals surface area contributed by atoms with E-state index in [4.69, 9.17) is 0 Å². The van der Waals surface area contributed by atoms with E-state index in [-0.39, 0.29) is 0 Å². The Hall–Kier alpha value is -2.30. The third kappa shape index (κ3) is 6.07. The van der Waals surface area contributed by atoms with Crippen LogP contribution in [0.3, 0.4) is 0 Å². The van der Waals surface area contributed by atoms with Crippen molar-refractivity contribution in [3.63, 3.8) is 0 Å². The molecule has 2 N–H and O–H groups in total. The van der Waals surface area contributed by atoms with Gasteiger partial charge in [-0.25, -0.2) is 4.68 Å². The average molecular weight is 327 g/mol. The SMILES string of the molecule is CCNC(=NCCC(C)C)NCCc1ccc(-n2cccn2)cc1. The molecule has 1 aromatic heterocycles. The molecule has 5 heteroatoms. The van der Waals surface area contributed by atoms with E-state index in [0.29, 0.717) is 5.92 Å². The summed E-state index contributed by atoms with van der Waals surface area (Å²) in [6, 6.07) is 10.4. The monoisotopic (exact) mass is 327 g/mol. The molecule has 130 valence electrons. The van der Waals surface area contributed by atoms with Crippen molar-refractivity contribution in [1.82, 2.24) is 20.4 Å². The van der Waals surface area contributed by atoms with Crippen LogP contribution >= 0.6 is 0 Å². The standard InChI is InChI=1S/C19H29N5/c1-4-20-19(21-13-10-16(2)3)22-14-11-17-6-8-18(9-7-17)24-15-5-12-23-24/h5-9,12,15-16H,4,10-11,13-14H2,1-3H3,(H2,20,21,22). The number of guanidine groups is 1. The van der Waals surface area contributed by atoms with E-state index in [1.54, 1.807) is 6.20 Å². The molecule has 0 aliphatic carbocycles. The van der Waals surface area contributed by atoms with Crippen LogP contribution in [0.2, 0.25) is 0 Å². The van der Waals surface area contributed by atoms with Crippen LogP contribution in [-0.2, 0) is 6.42 Å². The lowest BCUT2D eigenvalue weighted by Gasteiger charge is -2.12. The Balaban J connectivity index is 1.81. The highest BCUT2D eigenvalue weighted by Crippen LogP contribution is 2.08. The fourth-order valence-corrected chi connectivity index (χ4v) is 2.34. The molecule has 2 aromatic rings. The first-order valence-electron chi connectivity index (χ1n) is 8.80. The van der Waals surface area contributed by atoms with Crippen LogP contribution in [0, 0.1) is 5.92 Å². The summed E-state index contributed by atoms with van der Waals surface area (Å²) >= 11 is 0. The summed E-state index contributed by atoms with van der Waals surface area (Å²) in [5.74, 6) is 1.59. The van der Waals surface area contributed by atoms with Gasteiger partial charge >= 0.3 is 0 Å². The number of hydrogen-bond acceptors (Lipinski definition) is 2. The Kier molecular flexibility index (Phi) is 7.33. The Morgan fingerprint density at radius 1 is 1.21 bits per heavy atom. The molecule has 2 rings (SSSR count). The molecule has 0 unspecified atom stereocenters. The van der Waals surface area contributed by atoms with Crippen LogP contribution in [0.15, 0.2) is 47.7 Å². The zero-order valence-electron chi connectivity index (χ0n) is 15.0. The van der Waals surface area contributed by atoms with Gasteiger partial charge < -0.3 is 10.6 Å². The zero-order chi connectivity index (χ0) is 17.2. The van der Waals surface area contributed by atoms with Crippen molar-refractivity contribution in [2.24, 2.45) is 10.9 Å². The smallest absolute Gasteiger partial charge is 0.191 e. The molecule has 24 heavy (non-hydrogen) atoms. The summed E-state index contributed by atoms with van der Waals surface area (Å²) < 4.78 is 1.87. The van der Waals surface area contributed by atoms with Gasteiger partial charge in [0.2, 0.25) is 0 Å². The van der Waals surface area contributed by atoms with Gasteiger partial charge in [0.05, 0.1) is 5.69 Å². The van der Waals surface area contributed by atoms with Crippen LogP contribution < -0.4 is 10.6 Å². The maximum Gasteiger partial charge on any atom is 0.191 e. The van der Waals surface area contributed by atoms with Gasteiger partial charge in [0, 0.05) is 32.0 Å². The fourth-order valence-electron chi connectivity index (χ4n) is 2.34. The number of nitrogens with one attached hydrogen (secondary N) is 2. The Labute approximate surface area is 145 Å². The topological polar surface area (TPSA) is 54.2 Å². The number of nitrogens with zero attached hydrogens (tertiary/aromatic N) is 3. The minimum absolute atomic E-state index is 0.685. The first-order valence-corrected chi connectivity index (χ1v) is 8.80. The summed E-state index contributed by atoms with van der Waals surface area (Å²) in [6.07, 6.45) is 5.82. The molecule has 0 aliphatic rings. The molecule has 1 aromatic carbocycles. The van der Waals surface area contributed by atoms with Crippen LogP contribution in [0.4, 0.5) is 0 Å². The van der Waals surface area contributed by atoms with Crippen LogP contribution in [0.1, 0.15) is 32.8 Å². The fraction of sp³-hybridized carbons (Fsp3) is 0.474. The Morgan fingerprint density at radius 2 is 2.00 bits per heavy atom. The third-order valence-corrected chi connectivity index (χ3v) is 3.73. The van der Waals surface area contributed by atoms with Gasteiger partial charge in [-0.1, -0.05) is 26.0 Å². The van der Waals surface area contributed by atoms with Crippen molar-refractivity contribution in [2.45, 2.75) is 33.6 Å². The highest BCUT2D eigenvalue weighted by atomic mass is 15.3. The molecule has 0 spiro atoms. The normalized spacial score (nSPS) is 11.8. The van der Waals surface area contributed by atoms with Gasteiger partial charge in [0.25, 0.3) is 0 Å². The largest absolute Gasteiger partial charge is 0.357 e. The van der Waals surface area contributed by atoms with E-state index < -0.39 is 0 Å². The predicted octanol–water partition coefficient (Wildman–Crippen LogP) is 3.02. The highest BCUT2D eigenvalue weighted by molar-refractivity contribution is 5.79. The van der Waals surface area contributed by atoms with Gasteiger partial charge in [-0.15, -0.1) is 0 Å². The molecule has 0 fully saturated rings. The molecule has 5 nitrogen and oxygen atoms in total. The molecule has 0 aliphatic heterocycles. The molecule has 0 atom stereocenters. The second-order valence-corrected chi connectivity index (χ2v) is 6.24. The van der Waals surface area contributed by atoms with Crippen molar-refractivity contribution in [1.29, 1.82) is 0 Å². The summed E-state index contributed by atoms with van der Waals surface area (Å²) in [4.78, 5) is 4.62. The first kappa shape index (κ1) is 18.0. The minimum atomic E-state index is 0.685. The highest BCUT2D eigenvalue weighted by Gasteiger charge is 2.00. The molecule has 0 amide bonds. The van der Waals surface area contributed by atoms with E-state index >= 15 is 0 Å². The van der Waals surface area contributed by atoms with E-state index in [2.05, 4.69) is 65.8 Å². The van der Waals surface area contributed by atoms with Crippen molar-refractivity contribution >= 4 is 5.96 Å². The van der Waals surface area contributed by atoms with Gasteiger partial charge in [0.15, 0.2) is 5.96 Å². The second-order valence-electron chi connectivity index (χ2n) is 6.24. The number of aliphatic imine (C=N–C) groups is 1. The Morgan fingerprint density at radius 3 is 2.62 bits per heavy atom. The maximum atomic E-state index is 4.62. The second kappa shape index (κ2) is 9.75. The summed E-state index contributed by atoms with van der Waals surface area (Å²) in [5.41, 5.74) is 2.39. The van der Waals surface area contributed by atoms with Gasteiger partial charge in [-0.05, 0) is 49.4 Å². The van der Waals surface area contributed by atoms with Gasteiger partial charge in [-0.3, -0.25) is 4.99 Å². The molecular formula is C19H29N5. The van der Waals surface area contributed by atoms with Crippen molar-refractivity contribution < 1.29 is 0 Å². The van der Waals surface area contributed by atoms with Crippen LogP contribution in [0.25, 0.3) is 5.69 Å². The third-order valence-electron chi connectivity index (χ3n) is 3.73. The van der Waals surface area contributed by atoms with Crippen LogP contribution in [-0.4, -0.2) is 35.4 Å². The summed E-state index contributed by atoms with van der Waals surface area (Å²) in [7, 11) is 0. The minimum Gasteiger partial charge on any atom is -0.357 e. The summed E-state index contributed by atoms with van der Waals surface area (Å²) in [5, 5.41) is 10.9. The first-order chi connectivity index (χ1) is 11.7. The van der Waals surface area contributed by atoms with Gasteiger partial charge in [0.1, 0.15) is 0 Å². The number of hydrogen-bond donors (Lipinski definition) is 2. The van der Waals surface area contributed by atoms with Crippen molar-refractivity contribution in [3.8, 4) is 5.69 Å². The predicted molar refractivity (Wildman–Crippen MR) is 101 cm³/mol. The summed E-state index contributed by atoms with van der Waals surface area (Å²) in [6.45, 7) is 9.16. The van der Waals surface area contributed by atoms with Crippen molar-refractivity contribution in [2.75, 3.05) is 19.6 Å². The van der Waals surface area contributed by atoms with E-state index in [1.807, 2.05) is 16.9 Å². The maximum absolute atomic E-state index is 4.62. The number of rotatable bonds is 8. The van der Waals surface area contributed by atoms with Crippen LogP contribution in [0.5, 0.6) is 0 Å². The van der Waals surface area contributed by atoms with E-state index in [1.165, 1.54) is 5.56 Å². The molecule has 0 saturated heterocycles. The quantitative estimate of drug-likeness (QED) is 0.579. The van der Waals surface area contributed by atoms with E-state index in [0.717, 1.165) is 44.1 Å². The lowest BCUT2D eigenvalue weighted by Crippen LogP contribution is -2.38. The Bertz CT molecular complexity index is 599. The molecule has 0 saturated carbocycles. The lowest BCUT2D eigenvalue weighted by molar-refractivity contribution is 0.594. The van der Waals surface area contributed by atoms with E-state index in [9.17, 15) is 0 Å².